The molecule has 110 valence electrons. The third-order valence-electron chi connectivity index (χ3n) is 3.79. The number of pyridine rings is 1. The van der Waals surface area contributed by atoms with E-state index < -0.39 is 0 Å². The van der Waals surface area contributed by atoms with Gasteiger partial charge in [-0.25, -0.2) is 14.5 Å². The van der Waals surface area contributed by atoms with Crippen LogP contribution in [0.2, 0.25) is 0 Å². The van der Waals surface area contributed by atoms with E-state index in [1.54, 1.807) is 20.0 Å². The van der Waals surface area contributed by atoms with Crippen molar-refractivity contribution in [3.8, 4) is 0 Å². The summed E-state index contributed by atoms with van der Waals surface area (Å²) in [5.41, 5.74) is 3.12. The van der Waals surface area contributed by atoms with Gasteiger partial charge in [-0.3, -0.25) is 9.13 Å². The van der Waals surface area contributed by atoms with Crippen LogP contribution in [-0.2, 0) is 13.2 Å². The Morgan fingerprint density at radius 3 is 2.73 bits per heavy atom. The molecule has 4 rings (SSSR count). The van der Waals surface area contributed by atoms with E-state index in [0.29, 0.717) is 18.9 Å². The number of nitrogens with zero attached hydrogens (tertiary/aromatic N) is 6. The summed E-state index contributed by atoms with van der Waals surface area (Å²) in [6.07, 6.45) is 1.70. The minimum absolute atomic E-state index is 0.0872. The summed E-state index contributed by atoms with van der Waals surface area (Å²) in [6.45, 7) is 2.83. The summed E-state index contributed by atoms with van der Waals surface area (Å²) in [5, 5.41) is 8.28. The van der Waals surface area contributed by atoms with Crippen molar-refractivity contribution in [3.05, 3.63) is 53.1 Å². The first-order valence-electron chi connectivity index (χ1n) is 7.12. The molecule has 0 atom stereocenters. The van der Waals surface area contributed by atoms with Gasteiger partial charge in [0.25, 0.3) is 0 Å². The molecule has 0 unspecified atom stereocenters. The van der Waals surface area contributed by atoms with Crippen LogP contribution in [0.15, 0.2) is 47.4 Å². The second-order valence-corrected chi connectivity index (χ2v) is 5.02. The summed E-state index contributed by atoms with van der Waals surface area (Å²) >= 11 is 0. The van der Waals surface area contributed by atoms with Crippen molar-refractivity contribution in [2.45, 2.75) is 20.1 Å². The zero-order valence-electron chi connectivity index (χ0n) is 12.0. The number of rotatable bonds is 3. The van der Waals surface area contributed by atoms with E-state index in [1.807, 2.05) is 43.3 Å². The molecule has 7 heteroatoms. The van der Waals surface area contributed by atoms with E-state index in [0.717, 1.165) is 16.6 Å². The van der Waals surface area contributed by atoms with Crippen LogP contribution in [0, 0.1) is 0 Å². The Bertz CT molecular complexity index is 1030. The van der Waals surface area contributed by atoms with Crippen LogP contribution in [0.5, 0.6) is 0 Å². The number of benzene rings is 1. The largest absolute Gasteiger partial charge is 0.331 e. The van der Waals surface area contributed by atoms with E-state index in [4.69, 9.17) is 0 Å². The van der Waals surface area contributed by atoms with Crippen molar-refractivity contribution in [3.63, 3.8) is 0 Å². The fourth-order valence-electron chi connectivity index (χ4n) is 2.72. The van der Waals surface area contributed by atoms with Gasteiger partial charge in [-0.15, -0.1) is 5.10 Å². The first kappa shape index (κ1) is 12.8. The average molecular weight is 294 g/mol. The van der Waals surface area contributed by atoms with Crippen molar-refractivity contribution in [1.82, 2.24) is 29.1 Å². The number of fused-ring (bicyclic) bond motifs is 2. The molecule has 0 N–H and O–H groups in total. The predicted octanol–water partition coefficient (Wildman–Crippen LogP) is 1.47. The quantitative estimate of drug-likeness (QED) is 0.573. The van der Waals surface area contributed by atoms with Crippen LogP contribution in [0.1, 0.15) is 6.92 Å². The molecule has 0 saturated heterocycles. The molecule has 1 aromatic carbocycles. The van der Waals surface area contributed by atoms with Gasteiger partial charge in [0.2, 0.25) is 0 Å². The molecular weight excluding hydrogens is 280 g/mol. The molecule has 0 radical (unpaired) electrons. The predicted molar refractivity (Wildman–Crippen MR) is 82.6 cm³/mol. The second-order valence-electron chi connectivity index (χ2n) is 5.02. The summed E-state index contributed by atoms with van der Waals surface area (Å²) in [6, 6.07) is 11.4. The molecule has 0 amide bonds. The number of para-hydroxylation sites is 1. The SMILES string of the molecule is CCn1c(=O)n(Cn2nnc3ccccc32)c2cccnc21. The van der Waals surface area contributed by atoms with Gasteiger partial charge in [-0.05, 0) is 31.2 Å². The van der Waals surface area contributed by atoms with E-state index in [1.165, 1.54) is 0 Å². The number of aromatic nitrogens is 6. The second kappa shape index (κ2) is 4.80. The lowest BCUT2D eigenvalue weighted by Crippen LogP contribution is -2.26. The summed E-state index contributed by atoms with van der Waals surface area (Å²) < 4.78 is 5.06. The maximum Gasteiger partial charge on any atom is 0.331 e. The van der Waals surface area contributed by atoms with Gasteiger partial charge in [0.1, 0.15) is 12.2 Å². The van der Waals surface area contributed by atoms with Crippen LogP contribution in [0.4, 0.5) is 0 Å². The molecule has 7 nitrogen and oxygen atoms in total. The maximum absolute atomic E-state index is 12.6. The molecule has 0 spiro atoms. The maximum atomic E-state index is 12.6. The standard InChI is InChI=1S/C15H14N6O/c1-2-19-14-13(8-5-9-16-14)20(15(19)22)10-21-12-7-4-3-6-11(12)17-18-21/h3-9H,2,10H2,1H3. The van der Waals surface area contributed by atoms with Crippen molar-refractivity contribution in [2.75, 3.05) is 0 Å². The van der Waals surface area contributed by atoms with E-state index in [-0.39, 0.29) is 5.69 Å². The van der Waals surface area contributed by atoms with Gasteiger partial charge >= 0.3 is 5.69 Å². The first-order chi connectivity index (χ1) is 10.8. The molecule has 0 aliphatic carbocycles. The van der Waals surface area contributed by atoms with Crippen molar-refractivity contribution in [2.24, 2.45) is 0 Å². The number of aryl methyl sites for hydroxylation is 1. The highest BCUT2D eigenvalue weighted by Crippen LogP contribution is 2.13. The molecule has 22 heavy (non-hydrogen) atoms. The molecule has 3 heterocycles. The van der Waals surface area contributed by atoms with E-state index in [2.05, 4.69) is 15.3 Å². The lowest BCUT2D eigenvalue weighted by atomic mass is 10.3. The molecule has 0 aliphatic heterocycles. The monoisotopic (exact) mass is 294 g/mol. The van der Waals surface area contributed by atoms with Crippen LogP contribution in [0.25, 0.3) is 22.2 Å². The summed E-state index contributed by atoms with van der Waals surface area (Å²) in [5.74, 6) is 0. The van der Waals surface area contributed by atoms with Gasteiger partial charge < -0.3 is 0 Å². The smallest absolute Gasteiger partial charge is 0.277 e. The van der Waals surface area contributed by atoms with Crippen LogP contribution in [-0.4, -0.2) is 29.1 Å². The lowest BCUT2D eigenvalue weighted by molar-refractivity contribution is 0.531. The Morgan fingerprint density at radius 1 is 1.05 bits per heavy atom. The molecule has 0 aliphatic rings. The zero-order valence-corrected chi connectivity index (χ0v) is 12.0. The minimum atomic E-state index is -0.0872. The van der Waals surface area contributed by atoms with Gasteiger partial charge in [0.05, 0.1) is 11.0 Å². The molecular formula is C15H14N6O. The Balaban J connectivity index is 1.92. The van der Waals surface area contributed by atoms with Crippen LogP contribution >= 0.6 is 0 Å². The number of hydrogen-bond donors (Lipinski definition) is 0. The van der Waals surface area contributed by atoms with E-state index >= 15 is 0 Å². The molecule has 0 bridgehead atoms. The minimum Gasteiger partial charge on any atom is -0.277 e. The third kappa shape index (κ3) is 1.75. The molecule has 4 aromatic rings. The highest BCUT2D eigenvalue weighted by Gasteiger charge is 2.14. The summed E-state index contributed by atoms with van der Waals surface area (Å²) in [7, 11) is 0. The highest BCUT2D eigenvalue weighted by atomic mass is 16.2. The third-order valence-corrected chi connectivity index (χ3v) is 3.79. The normalized spacial score (nSPS) is 11.5. The average Bonchev–Trinajstić information content (AvgIpc) is 3.08. The van der Waals surface area contributed by atoms with Gasteiger partial charge in [0, 0.05) is 12.7 Å². The van der Waals surface area contributed by atoms with Crippen molar-refractivity contribution in [1.29, 1.82) is 0 Å². The molecule has 0 saturated carbocycles. The van der Waals surface area contributed by atoms with Gasteiger partial charge in [0.15, 0.2) is 5.65 Å². The van der Waals surface area contributed by atoms with Gasteiger partial charge in [-0.2, -0.15) is 0 Å². The fourth-order valence-corrected chi connectivity index (χ4v) is 2.72. The van der Waals surface area contributed by atoms with Crippen LogP contribution in [0.3, 0.4) is 0 Å². The topological polar surface area (TPSA) is 70.5 Å². The zero-order chi connectivity index (χ0) is 15.1. The van der Waals surface area contributed by atoms with Gasteiger partial charge in [-0.1, -0.05) is 17.3 Å². The Hall–Kier alpha value is -2.96. The number of imidazole rings is 1. The number of hydrogen-bond acceptors (Lipinski definition) is 4. The fraction of sp³-hybridized carbons (Fsp3) is 0.200. The molecule has 3 aromatic heterocycles. The Kier molecular flexibility index (Phi) is 2.78. The summed E-state index contributed by atoms with van der Waals surface area (Å²) in [4.78, 5) is 16.9. The highest BCUT2D eigenvalue weighted by molar-refractivity contribution is 5.74. The first-order valence-corrected chi connectivity index (χ1v) is 7.12. The Labute approximate surface area is 125 Å². The van der Waals surface area contributed by atoms with Crippen LogP contribution < -0.4 is 5.69 Å². The molecule has 0 fully saturated rings. The van der Waals surface area contributed by atoms with E-state index in [9.17, 15) is 4.79 Å². The van der Waals surface area contributed by atoms with Crippen molar-refractivity contribution >= 4 is 22.2 Å². The Morgan fingerprint density at radius 2 is 1.86 bits per heavy atom. The lowest BCUT2D eigenvalue weighted by Gasteiger charge is -2.03. The van der Waals surface area contributed by atoms with Crippen molar-refractivity contribution < 1.29 is 0 Å².